The van der Waals surface area contributed by atoms with Crippen molar-refractivity contribution >= 4 is 0 Å². The van der Waals surface area contributed by atoms with Crippen LogP contribution >= 0.6 is 0 Å². The monoisotopic (exact) mass is 569 g/mol. The summed E-state index contributed by atoms with van der Waals surface area (Å²) < 4.78 is 0. The van der Waals surface area contributed by atoms with Crippen molar-refractivity contribution in [2.45, 2.75) is 179 Å². The van der Waals surface area contributed by atoms with E-state index < -0.39 is 0 Å². The van der Waals surface area contributed by atoms with E-state index in [1.807, 2.05) is 0 Å². The van der Waals surface area contributed by atoms with Crippen molar-refractivity contribution in [3.05, 3.63) is 0 Å². The summed E-state index contributed by atoms with van der Waals surface area (Å²) in [4.78, 5) is 0. The minimum atomic E-state index is 0.136. The number of rotatable bonds is 0. The average Bonchev–Trinajstić information content (AvgIpc) is 3.02. The van der Waals surface area contributed by atoms with Crippen molar-refractivity contribution in [1.29, 1.82) is 0 Å². The van der Waals surface area contributed by atoms with Gasteiger partial charge in [0.2, 0.25) is 0 Å². The van der Waals surface area contributed by atoms with Crippen LogP contribution in [-0.4, -0.2) is 0 Å². The molecule has 4 atom stereocenters. The third-order valence-corrected chi connectivity index (χ3v) is 23.0. The molecule has 4 aliphatic carbocycles. The highest BCUT2D eigenvalue weighted by atomic mass is 15.0. The van der Waals surface area contributed by atoms with E-state index in [0.717, 1.165) is 0 Å². The van der Waals surface area contributed by atoms with Crippen LogP contribution in [0.3, 0.4) is 0 Å². The first-order valence-electron chi connectivity index (χ1n) is 17.4. The zero-order valence-electron chi connectivity index (χ0n) is 32.9. The zero-order valence-corrected chi connectivity index (χ0v) is 32.9. The molecule has 4 aliphatic rings. The van der Waals surface area contributed by atoms with Gasteiger partial charge in [-0.25, -0.2) is 0 Å². The van der Waals surface area contributed by atoms with Gasteiger partial charge in [0.25, 0.3) is 0 Å². The fourth-order valence-corrected chi connectivity index (χ4v) is 16.0. The molecule has 0 aliphatic heterocycles. The summed E-state index contributed by atoms with van der Waals surface area (Å²) in [5.41, 5.74) is 2.48. The molecular weight excluding hydrogens is 492 g/mol. The Morgan fingerprint density at radius 2 is 0.415 bits per heavy atom. The van der Waals surface area contributed by atoms with Crippen molar-refractivity contribution in [3.8, 4) is 0 Å². The Hall–Kier alpha value is 0. The normalized spacial score (nSPS) is 49.8. The van der Waals surface area contributed by atoms with Crippen molar-refractivity contribution in [2.24, 2.45) is 81.2 Å². The lowest BCUT2D eigenvalue weighted by Gasteiger charge is -2.79. The van der Waals surface area contributed by atoms with Crippen LogP contribution in [-0.2, 0) is 0 Å². The van der Waals surface area contributed by atoms with E-state index in [-0.39, 0.29) is 81.2 Å². The molecule has 0 heterocycles. The van der Waals surface area contributed by atoms with Crippen molar-refractivity contribution in [1.82, 2.24) is 0 Å². The van der Waals surface area contributed by atoms with Gasteiger partial charge in [-0.05, 0) is 94.1 Å². The summed E-state index contributed by atoms with van der Waals surface area (Å²) in [5.74, 6) is 0. The highest BCUT2D eigenvalue weighted by Crippen LogP contribution is 2.97. The fourth-order valence-electron chi connectivity index (χ4n) is 16.0. The van der Waals surface area contributed by atoms with E-state index in [2.05, 4.69) is 166 Å². The molecule has 41 heavy (non-hydrogen) atoms. The molecule has 0 aromatic heterocycles. The first kappa shape index (κ1) is 33.9. The molecule has 4 fully saturated rings. The molecular formula is C41H76. The van der Waals surface area contributed by atoms with Gasteiger partial charge >= 0.3 is 0 Å². The van der Waals surface area contributed by atoms with Gasteiger partial charge in [-0.2, -0.15) is 0 Å². The summed E-state index contributed by atoms with van der Waals surface area (Å²) in [6.45, 7) is 64.6. The van der Waals surface area contributed by atoms with E-state index in [0.29, 0.717) is 0 Å². The van der Waals surface area contributed by atoms with Crippen LogP contribution in [0.25, 0.3) is 0 Å². The van der Waals surface area contributed by atoms with Crippen molar-refractivity contribution < 1.29 is 0 Å². The maximum atomic E-state index is 2.79. The Kier molecular flexibility index (Phi) is 5.94. The highest BCUT2D eigenvalue weighted by Gasteiger charge is 2.92. The van der Waals surface area contributed by atoms with Crippen molar-refractivity contribution in [2.75, 3.05) is 0 Å². The second-order valence-electron chi connectivity index (χ2n) is 22.6. The van der Waals surface area contributed by atoms with Gasteiger partial charge in [-0.3, -0.25) is 0 Å². The van der Waals surface area contributed by atoms with E-state index in [4.69, 9.17) is 0 Å². The van der Waals surface area contributed by atoms with Crippen LogP contribution in [0.5, 0.6) is 0 Å². The number of hydrogen-bond donors (Lipinski definition) is 0. The Labute approximate surface area is 259 Å². The summed E-state index contributed by atoms with van der Waals surface area (Å²) in [6, 6.07) is 0. The third kappa shape index (κ3) is 2.37. The zero-order chi connectivity index (χ0) is 32.9. The van der Waals surface area contributed by atoms with E-state index >= 15 is 0 Å². The van der Waals surface area contributed by atoms with Crippen LogP contribution in [0.15, 0.2) is 0 Å². The minimum Gasteiger partial charge on any atom is -0.0588 e. The SMILES string of the molecule is CC1(C)C(C)(C)C(C)(C)C2(C)C(C)(C)C3(CC2(C)C1(C)C)CC1(C)C(C)(C)C(C)(C)C(C)(C)C(C)(C)C1(C)C3(C)C. The van der Waals surface area contributed by atoms with Crippen LogP contribution in [0.4, 0.5) is 0 Å². The maximum absolute atomic E-state index is 2.79. The Balaban J connectivity index is 2.21. The van der Waals surface area contributed by atoms with Crippen LogP contribution < -0.4 is 0 Å². The standard InChI is InChI=1S/C41H76/c1-27(2)29(5,6)33(13,14)39(23)35(17,18)41(25-37(39,21)31(27,9)10)26-38(22)32(11,12)28(3,4)30(7,8)34(15,16)40(38,24)36(41,19)20/h25-26H2,1-24H3. The van der Waals surface area contributed by atoms with Crippen molar-refractivity contribution in [3.63, 3.8) is 0 Å². The molecule has 0 saturated heterocycles. The molecule has 0 nitrogen and oxygen atoms in total. The smallest absolute Gasteiger partial charge is 0.0153 e. The third-order valence-electron chi connectivity index (χ3n) is 23.0. The lowest BCUT2D eigenvalue weighted by molar-refractivity contribution is -0.312. The average molecular weight is 569 g/mol. The second-order valence-corrected chi connectivity index (χ2v) is 22.6. The summed E-state index contributed by atoms with van der Waals surface area (Å²) >= 11 is 0. The van der Waals surface area contributed by atoms with E-state index in [1.165, 1.54) is 12.8 Å². The fraction of sp³-hybridized carbons (Fsp3) is 1.00. The Morgan fingerprint density at radius 1 is 0.220 bits per heavy atom. The molecule has 0 aromatic carbocycles. The minimum absolute atomic E-state index is 0.136. The van der Waals surface area contributed by atoms with Gasteiger partial charge in [0.05, 0.1) is 0 Å². The van der Waals surface area contributed by atoms with Gasteiger partial charge in [0.15, 0.2) is 0 Å². The first-order chi connectivity index (χ1) is 17.4. The van der Waals surface area contributed by atoms with Crippen LogP contribution in [0.1, 0.15) is 179 Å². The highest BCUT2D eigenvalue weighted by molar-refractivity contribution is 5.39. The van der Waals surface area contributed by atoms with Gasteiger partial charge in [0, 0.05) is 0 Å². The van der Waals surface area contributed by atoms with Gasteiger partial charge < -0.3 is 0 Å². The number of fused-ring (bicyclic) bond motifs is 2. The maximum Gasteiger partial charge on any atom is -0.0153 e. The molecule has 1 spiro atoms. The Morgan fingerprint density at radius 3 is 0.634 bits per heavy atom. The molecule has 0 amide bonds. The molecule has 0 bridgehead atoms. The van der Waals surface area contributed by atoms with E-state index in [1.54, 1.807) is 0 Å². The second kappa shape index (κ2) is 7.19. The lowest BCUT2D eigenvalue weighted by atomic mass is 9.25. The first-order valence-corrected chi connectivity index (χ1v) is 17.4. The van der Waals surface area contributed by atoms with Gasteiger partial charge in [0.1, 0.15) is 0 Å². The molecule has 0 N–H and O–H groups in total. The molecule has 0 heteroatoms. The summed E-state index contributed by atoms with van der Waals surface area (Å²) in [6.07, 6.45) is 2.65. The quantitative estimate of drug-likeness (QED) is 0.272. The molecule has 4 saturated carbocycles. The molecule has 240 valence electrons. The summed E-state index contributed by atoms with van der Waals surface area (Å²) in [7, 11) is 0. The topological polar surface area (TPSA) is 0 Å². The van der Waals surface area contributed by atoms with E-state index in [9.17, 15) is 0 Å². The number of hydrogen-bond acceptors (Lipinski definition) is 0. The van der Waals surface area contributed by atoms with Gasteiger partial charge in [-0.1, -0.05) is 166 Å². The summed E-state index contributed by atoms with van der Waals surface area (Å²) in [5, 5.41) is 0. The Bertz CT molecular complexity index is 1070. The largest absolute Gasteiger partial charge is 0.0588 e. The van der Waals surface area contributed by atoms with Crippen LogP contribution in [0.2, 0.25) is 0 Å². The van der Waals surface area contributed by atoms with Gasteiger partial charge in [-0.15, -0.1) is 0 Å². The molecule has 4 rings (SSSR count). The predicted octanol–water partition coefficient (Wildman–Crippen LogP) is 13.1. The molecule has 0 radical (unpaired) electrons. The lowest BCUT2D eigenvalue weighted by Crippen LogP contribution is -2.73. The predicted molar refractivity (Wildman–Crippen MR) is 182 cm³/mol. The molecule has 4 unspecified atom stereocenters. The molecule has 0 aromatic rings. The van der Waals surface area contributed by atoms with Crippen LogP contribution in [0, 0.1) is 81.2 Å².